The van der Waals surface area contributed by atoms with Crippen molar-refractivity contribution in [2.24, 2.45) is 0 Å². The van der Waals surface area contributed by atoms with Crippen LogP contribution in [-0.2, 0) is 5.41 Å². The largest absolute Gasteiger partial charge is 0.478 e. The fourth-order valence-electron chi connectivity index (χ4n) is 3.33. The normalized spacial score (nSPS) is 16.8. The number of hydrogen-bond acceptors (Lipinski definition) is 2. The van der Waals surface area contributed by atoms with Crippen LogP contribution < -0.4 is 0 Å². The van der Waals surface area contributed by atoms with E-state index in [0.717, 1.165) is 5.56 Å². The molecule has 2 nitrogen and oxygen atoms in total. The summed E-state index contributed by atoms with van der Waals surface area (Å²) < 4.78 is 0. The first-order valence-electron chi connectivity index (χ1n) is 8.66. The van der Waals surface area contributed by atoms with E-state index >= 15 is 0 Å². The Bertz CT molecular complexity index is 816. The van der Waals surface area contributed by atoms with E-state index in [2.05, 4.69) is 45.0 Å². The number of aromatic carboxylic acids is 1. The molecule has 1 N–H and O–H groups in total. The molecule has 25 heavy (non-hydrogen) atoms. The molecule has 0 spiro atoms. The minimum Gasteiger partial charge on any atom is -0.478 e. The fourth-order valence-corrected chi connectivity index (χ4v) is 4.55. The van der Waals surface area contributed by atoms with Gasteiger partial charge in [0.05, 0.1) is 5.56 Å². The van der Waals surface area contributed by atoms with Crippen molar-refractivity contribution in [1.82, 2.24) is 0 Å². The van der Waals surface area contributed by atoms with Gasteiger partial charge in [-0.25, -0.2) is 4.79 Å². The average molecular weight is 352 g/mol. The Morgan fingerprint density at radius 3 is 2.48 bits per heavy atom. The van der Waals surface area contributed by atoms with Gasteiger partial charge < -0.3 is 5.11 Å². The molecule has 130 valence electrons. The molecule has 1 aliphatic rings. The summed E-state index contributed by atoms with van der Waals surface area (Å²) in [4.78, 5) is 12.4. The van der Waals surface area contributed by atoms with Gasteiger partial charge in [0, 0.05) is 4.90 Å². The summed E-state index contributed by atoms with van der Waals surface area (Å²) in [5, 5.41) is 9.00. The van der Waals surface area contributed by atoms with Crippen LogP contribution in [0.1, 0.15) is 60.7 Å². The zero-order chi connectivity index (χ0) is 18.0. The lowest BCUT2D eigenvalue weighted by atomic mass is 9.80. The molecule has 0 unspecified atom stereocenters. The highest BCUT2D eigenvalue weighted by molar-refractivity contribution is 7.99. The zero-order valence-corrected chi connectivity index (χ0v) is 15.8. The van der Waals surface area contributed by atoms with Crippen LogP contribution in [0.15, 0.2) is 47.4 Å². The number of rotatable bonds is 3. The van der Waals surface area contributed by atoms with E-state index in [1.165, 1.54) is 40.2 Å². The molecule has 0 bridgehead atoms. The Labute approximate surface area is 154 Å². The van der Waals surface area contributed by atoms with Crippen molar-refractivity contribution in [2.75, 3.05) is 5.75 Å². The highest BCUT2D eigenvalue weighted by atomic mass is 32.2. The number of carbonyl (C=O) groups is 1. The monoisotopic (exact) mass is 352 g/mol. The second-order valence-electron chi connectivity index (χ2n) is 7.30. The van der Waals surface area contributed by atoms with Crippen LogP contribution in [0.25, 0.3) is 11.6 Å². The average Bonchev–Trinajstić information content (AvgIpc) is 2.73. The lowest BCUT2D eigenvalue weighted by Gasteiger charge is -2.25. The standard InChI is InChI=1S/C22H24O2S/c1-15(13-16-5-7-17(8-6-16)21(23)24)18-9-10-19-20(14-18)25-12-4-11-22(19,2)3/h5-10,13-14H,4,11-12H2,1-3H3,(H,23,24)/b15-13+. The summed E-state index contributed by atoms with van der Waals surface area (Å²) >= 11 is 1.96. The smallest absolute Gasteiger partial charge is 0.335 e. The van der Waals surface area contributed by atoms with E-state index < -0.39 is 5.97 Å². The number of carboxylic acids is 1. The minimum atomic E-state index is -0.891. The number of benzene rings is 2. The number of carboxylic acid groups (broad SMARTS) is 1. The number of fused-ring (bicyclic) bond motifs is 1. The second-order valence-corrected chi connectivity index (χ2v) is 8.44. The van der Waals surface area contributed by atoms with Gasteiger partial charge in [-0.2, -0.15) is 0 Å². The van der Waals surface area contributed by atoms with E-state index in [1.807, 2.05) is 23.9 Å². The van der Waals surface area contributed by atoms with Gasteiger partial charge in [0.1, 0.15) is 0 Å². The molecule has 0 fully saturated rings. The van der Waals surface area contributed by atoms with Gasteiger partial charge in [0.2, 0.25) is 0 Å². The molecular formula is C22H24O2S. The topological polar surface area (TPSA) is 37.3 Å². The van der Waals surface area contributed by atoms with Gasteiger partial charge in [0.15, 0.2) is 0 Å². The van der Waals surface area contributed by atoms with E-state index in [4.69, 9.17) is 5.11 Å². The first-order valence-corrected chi connectivity index (χ1v) is 9.65. The van der Waals surface area contributed by atoms with E-state index in [0.29, 0.717) is 5.56 Å². The van der Waals surface area contributed by atoms with Crippen molar-refractivity contribution >= 4 is 29.4 Å². The van der Waals surface area contributed by atoms with E-state index in [9.17, 15) is 4.79 Å². The van der Waals surface area contributed by atoms with Crippen molar-refractivity contribution in [3.8, 4) is 0 Å². The van der Waals surface area contributed by atoms with Crippen molar-refractivity contribution < 1.29 is 9.90 Å². The zero-order valence-electron chi connectivity index (χ0n) is 15.0. The predicted octanol–water partition coefficient (Wildman–Crippen LogP) is 6.11. The fraction of sp³-hybridized carbons (Fsp3) is 0.318. The number of allylic oxidation sites excluding steroid dienone is 1. The van der Waals surface area contributed by atoms with E-state index in [1.54, 1.807) is 12.1 Å². The van der Waals surface area contributed by atoms with Gasteiger partial charge >= 0.3 is 5.97 Å². The molecular weight excluding hydrogens is 328 g/mol. The molecule has 0 aliphatic carbocycles. The Balaban J connectivity index is 1.91. The summed E-state index contributed by atoms with van der Waals surface area (Å²) in [6.07, 6.45) is 4.60. The number of thioether (sulfide) groups is 1. The highest BCUT2D eigenvalue weighted by Crippen LogP contribution is 2.41. The van der Waals surface area contributed by atoms with Crippen molar-refractivity contribution in [1.29, 1.82) is 0 Å². The van der Waals surface area contributed by atoms with Gasteiger partial charge in [-0.3, -0.25) is 0 Å². The number of hydrogen-bond donors (Lipinski definition) is 1. The molecule has 2 aromatic carbocycles. The molecule has 1 aliphatic heterocycles. The van der Waals surface area contributed by atoms with Crippen molar-refractivity contribution in [3.63, 3.8) is 0 Å². The van der Waals surface area contributed by atoms with Crippen LogP contribution in [0.5, 0.6) is 0 Å². The summed E-state index contributed by atoms with van der Waals surface area (Å²) in [7, 11) is 0. The first kappa shape index (κ1) is 17.8. The van der Waals surface area contributed by atoms with E-state index in [-0.39, 0.29) is 5.41 Å². The lowest BCUT2D eigenvalue weighted by Crippen LogP contribution is -2.16. The maximum absolute atomic E-state index is 11.0. The molecule has 2 aromatic rings. The molecule has 0 saturated heterocycles. The maximum atomic E-state index is 11.0. The molecule has 1 heterocycles. The van der Waals surface area contributed by atoms with Crippen LogP contribution in [0, 0.1) is 0 Å². The van der Waals surface area contributed by atoms with Gasteiger partial charge in [-0.15, -0.1) is 11.8 Å². The third-order valence-corrected chi connectivity index (χ3v) is 6.05. The summed E-state index contributed by atoms with van der Waals surface area (Å²) in [5.74, 6) is 0.289. The third-order valence-electron chi connectivity index (χ3n) is 4.91. The van der Waals surface area contributed by atoms with Crippen LogP contribution in [-0.4, -0.2) is 16.8 Å². The molecule has 0 aromatic heterocycles. The molecule has 0 amide bonds. The second kappa shape index (κ2) is 7.09. The Kier molecular flexibility index (Phi) is 5.05. The molecule has 3 heteroatoms. The summed E-state index contributed by atoms with van der Waals surface area (Å²) in [5.41, 5.74) is 5.45. The Hall–Kier alpha value is -2.00. The maximum Gasteiger partial charge on any atom is 0.335 e. The minimum absolute atomic E-state index is 0.238. The van der Waals surface area contributed by atoms with Crippen LogP contribution in [0.3, 0.4) is 0 Å². The van der Waals surface area contributed by atoms with Crippen LogP contribution >= 0.6 is 11.8 Å². The van der Waals surface area contributed by atoms with Crippen LogP contribution in [0.2, 0.25) is 0 Å². The predicted molar refractivity (Wildman–Crippen MR) is 106 cm³/mol. The van der Waals surface area contributed by atoms with Crippen molar-refractivity contribution in [2.45, 2.75) is 43.9 Å². The van der Waals surface area contributed by atoms with Gasteiger partial charge in [0.25, 0.3) is 0 Å². The van der Waals surface area contributed by atoms with Crippen LogP contribution in [0.4, 0.5) is 0 Å². The van der Waals surface area contributed by atoms with Gasteiger partial charge in [-0.05, 0) is 71.4 Å². The van der Waals surface area contributed by atoms with Gasteiger partial charge in [-0.1, -0.05) is 44.2 Å². The molecule has 0 radical (unpaired) electrons. The molecule has 3 rings (SSSR count). The molecule has 0 saturated carbocycles. The lowest BCUT2D eigenvalue weighted by molar-refractivity contribution is 0.0697. The van der Waals surface area contributed by atoms with Crippen molar-refractivity contribution in [3.05, 3.63) is 64.7 Å². The quantitative estimate of drug-likeness (QED) is 0.677. The molecule has 0 atom stereocenters. The summed E-state index contributed by atoms with van der Waals surface area (Å²) in [6, 6.07) is 13.8. The Morgan fingerprint density at radius 1 is 1.12 bits per heavy atom. The first-order chi connectivity index (χ1) is 11.9. The highest BCUT2D eigenvalue weighted by Gasteiger charge is 2.26. The Morgan fingerprint density at radius 2 is 1.80 bits per heavy atom. The summed E-state index contributed by atoms with van der Waals surface area (Å²) in [6.45, 7) is 6.79. The SMILES string of the molecule is C/C(=C\c1ccc(C(=O)O)cc1)c1ccc2c(c1)SCCCC2(C)C. The third kappa shape index (κ3) is 3.98.